The molecule has 1 atom stereocenters. The molecular weight excluding hydrogens is 275 g/mol. The van der Waals surface area contributed by atoms with Crippen LogP contribution in [0.25, 0.3) is 0 Å². The van der Waals surface area contributed by atoms with Crippen molar-refractivity contribution >= 4 is 5.91 Å². The van der Waals surface area contributed by atoms with Crippen molar-refractivity contribution in [2.45, 2.75) is 19.3 Å². The van der Waals surface area contributed by atoms with Crippen LogP contribution >= 0.6 is 0 Å². The summed E-state index contributed by atoms with van der Waals surface area (Å²) in [7, 11) is 3.13. The van der Waals surface area contributed by atoms with Gasteiger partial charge in [0.1, 0.15) is 11.9 Å². The molecule has 0 aliphatic carbocycles. The van der Waals surface area contributed by atoms with Crippen LogP contribution in [-0.2, 0) is 14.3 Å². The van der Waals surface area contributed by atoms with Crippen molar-refractivity contribution in [3.8, 4) is 0 Å². The molecule has 1 heterocycles. The normalized spacial score (nSPS) is 19.9. The Morgan fingerprint density at radius 1 is 1.43 bits per heavy atom. The van der Waals surface area contributed by atoms with Gasteiger partial charge in [0, 0.05) is 27.3 Å². The molecule has 21 heavy (non-hydrogen) atoms. The number of piperazine rings is 1. The second-order valence-electron chi connectivity index (χ2n) is 5.09. The number of carbonyl (C=O) groups is 1. The Morgan fingerprint density at radius 3 is 2.76 bits per heavy atom. The molecule has 1 N–H and O–H groups in total. The summed E-state index contributed by atoms with van der Waals surface area (Å²) in [5.41, 5.74) is 1.56. The molecule has 1 saturated heterocycles. The molecule has 1 fully saturated rings. The number of hydrogen-bond donors (Lipinski definition) is 1. The zero-order valence-corrected chi connectivity index (χ0v) is 12.6. The lowest BCUT2D eigenvalue weighted by Crippen LogP contribution is -2.52. The van der Waals surface area contributed by atoms with E-state index in [9.17, 15) is 9.18 Å². The van der Waals surface area contributed by atoms with Gasteiger partial charge in [-0.3, -0.25) is 9.69 Å². The van der Waals surface area contributed by atoms with Crippen LogP contribution in [0.4, 0.5) is 4.39 Å². The van der Waals surface area contributed by atoms with E-state index in [-0.39, 0.29) is 11.7 Å². The van der Waals surface area contributed by atoms with Crippen molar-refractivity contribution in [3.63, 3.8) is 0 Å². The van der Waals surface area contributed by atoms with Crippen molar-refractivity contribution in [1.29, 1.82) is 0 Å². The van der Waals surface area contributed by atoms with Gasteiger partial charge in [0.2, 0.25) is 5.91 Å². The minimum absolute atomic E-state index is 0.0816. The largest absolute Gasteiger partial charge is 0.355 e. The van der Waals surface area contributed by atoms with Crippen molar-refractivity contribution < 1.29 is 18.7 Å². The predicted octanol–water partition coefficient (Wildman–Crippen LogP) is 1.23. The molecule has 6 heteroatoms. The average molecular weight is 296 g/mol. The van der Waals surface area contributed by atoms with Gasteiger partial charge >= 0.3 is 0 Å². The molecule has 1 aliphatic rings. The molecule has 1 aliphatic heterocycles. The van der Waals surface area contributed by atoms with Gasteiger partial charge in [0.05, 0.1) is 6.54 Å². The van der Waals surface area contributed by atoms with Crippen LogP contribution in [-0.4, -0.2) is 51.0 Å². The van der Waals surface area contributed by atoms with Gasteiger partial charge in [0.15, 0.2) is 6.29 Å². The number of methoxy groups -OCH3 is 2. The Hall–Kier alpha value is -1.50. The summed E-state index contributed by atoms with van der Waals surface area (Å²) < 4.78 is 23.7. The van der Waals surface area contributed by atoms with E-state index < -0.39 is 12.3 Å². The number of rotatable bonds is 5. The summed E-state index contributed by atoms with van der Waals surface area (Å²) >= 11 is 0. The maximum absolute atomic E-state index is 13.3. The first-order valence-electron chi connectivity index (χ1n) is 6.90. The quantitative estimate of drug-likeness (QED) is 0.830. The monoisotopic (exact) mass is 296 g/mol. The van der Waals surface area contributed by atoms with Gasteiger partial charge in [-0.1, -0.05) is 6.07 Å². The van der Waals surface area contributed by atoms with E-state index >= 15 is 0 Å². The van der Waals surface area contributed by atoms with Crippen molar-refractivity contribution in [2.24, 2.45) is 0 Å². The fourth-order valence-corrected chi connectivity index (χ4v) is 2.63. The first kappa shape index (κ1) is 15.9. The fraction of sp³-hybridized carbons (Fsp3) is 0.533. The molecule has 1 aromatic carbocycles. The number of nitrogens with zero attached hydrogens (tertiary/aromatic N) is 1. The van der Waals surface area contributed by atoms with Crippen molar-refractivity contribution in [2.75, 3.05) is 33.9 Å². The third-order valence-electron chi connectivity index (χ3n) is 3.75. The second kappa shape index (κ2) is 6.98. The van der Waals surface area contributed by atoms with E-state index in [4.69, 9.17) is 9.47 Å². The number of amides is 1. The second-order valence-corrected chi connectivity index (χ2v) is 5.09. The van der Waals surface area contributed by atoms with E-state index in [2.05, 4.69) is 5.32 Å². The summed E-state index contributed by atoms with van der Waals surface area (Å²) in [5.74, 6) is -0.382. The molecule has 0 aromatic heterocycles. The lowest BCUT2D eigenvalue weighted by atomic mass is 9.97. The summed E-state index contributed by atoms with van der Waals surface area (Å²) in [6, 6.07) is 4.04. The molecule has 5 nitrogen and oxygen atoms in total. The van der Waals surface area contributed by atoms with E-state index in [1.54, 1.807) is 20.3 Å². The molecule has 2 rings (SSSR count). The van der Waals surface area contributed by atoms with E-state index in [1.165, 1.54) is 12.1 Å². The summed E-state index contributed by atoms with van der Waals surface area (Å²) in [4.78, 5) is 14.3. The number of benzene rings is 1. The minimum Gasteiger partial charge on any atom is -0.355 e. The van der Waals surface area contributed by atoms with Gasteiger partial charge in [-0.2, -0.15) is 0 Å². The Kier molecular flexibility index (Phi) is 5.27. The van der Waals surface area contributed by atoms with Gasteiger partial charge < -0.3 is 14.8 Å². The van der Waals surface area contributed by atoms with E-state index in [0.29, 0.717) is 19.6 Å². The molecular formula is C15H21FN2O3. The Morgan fingerprint density at radius 2 is 2.14 bits per heavy atom. The lowest BCUT2D eigenvalue weighted by molar-refractivity contribution is -0.140. The van der Waals surface area contributed by atoms with Crippen LogP contribution < -0.4 is 5.32 Å². The zero-order valence-electron chi connectivity index (χ0n) is 12.6. The van der Waals surface area contributed by atoms with Crippen molar-refractivity contribution in [3.05, 3.63) is 35.1 Å². The molecule has 1 aromatic rings. The number of halogens is 1. The molecule has 1 amide bonds. The highest BCUT2D eigenvalue weighted by molar-refractivity contribution is 5.84. The number of carbonyl (C=O) groups excluding carboxylic acids is 1. The summed E-state index contributed by atoms with van der Waals surface area (Å²) in [6.45, 7) is 3.55. The Labute approximate surface area is 124 Å². The molecule has 0 bridgehead atoms. The standard InChI is InChI=1S/C15H21FN2O3/c1-10-8-11(16)4-5-12(10)14-15(19)17-6-7-18(14)9-13(20-2)21-3/h4-5,8,13-14H,6-7,9H2,1-3H3,(H,17,19)/t14-/m0/s1. The summed E-state index contributed by atoms with van der Waals surface area (Å²) in [5, 5.41) is 2.86. The maximum Gasteiger partial charge on any atom is 0.242 e. The predicted molar refractivity (Wildman–Crippen MR) is 76.3 cm³/mol. The van der Waals surface area contributed by atoms with Gasteiger partial charge in [-0.05, 0) is 30.2 Å². The van der Waals surface area contributed by atoms with Crippen LogP contribution in [0.15, 0.2) is 18.2 Å². The highest BCUT2D eigenvalue weighted by Gasteiger charge is 2.33. The van der Waals surface area contributed by atoms with Crippen LogP contribution in [0, 0.1) is 12.7 Å². The molecule has 0 saturated carbocycles. The number of nitrogens with one attached hydrogen (secondary N) is 1. The molecule has 0 unspecified atom stereocenters. The van der Waals surface area contributed by atoms with E-state index in [0.717, 1.165) is 11.1 Å². The average Bonchev–Trinajstić information content (AvgIpc) is 2.46. The molecule has 0 radical (unpaired) electrons. The van der Waals surface area contributed by atoms with Crippen LogP contribution in [0.1, 0.15) is 17.2 Å². The van der Waals surface area contributed by atoms with Crippen LogP contribution in [0.2, 0.25) is 0 Å². The Balaban J connectivity index is 2.28. The van der Waals surface area contributed by atoms with Crippen LogP contribution in [0.3, 0.4) is 0 Å². The van der Waals surface area contributed by atoms with Gasteiger partial charge in [0.25, 0.3) is 0 Å². The summed E-state index contributed by atoms with van der Waals surface area (Å²) in [6.07, 6.45) is -0.404. The smallest absolute Gasteiger partial charge is 0.242 e. The minimum atomic E-state index is -0.452. The first-order valence-corrected chi connectivity index (χ1v) is 6.90. The van der Waals surface area contributed by atoms with Gasteiger partial charge in [-0.15, -0.1) is 0 Å². The van der Waals surface area contributed by atoms with Crippen LogP contribution in [0.5, 0.6) is 0 Å². The number of aryl methyl sites for hydroxylation is 1. The fourth-order valence-electron chi connectivity index (χ4n) is 2.63. The number of ether oxygens (including phenoxy) is 2. The SMILES string of the molecule is COC(CN1CCNC(=O)[C@@H]1c1ccc(F)cc1C)OC. The third kappa shape index (κ3) is 3.58. The maximum atomic E-state index is 13.3. The highest BCUT2D eigenvalue weighted by atomic mass is 19.1. The first-order chi connectivity index (χ1) is 10.1. The topological polar surface area (TPSA) is 50.8 Å². The molecule has 116 valence electrons. The van der Waals surface area contributed by atoms with E-state index in [1.807, 2.05) is 11.8 Å². The third-order valence-corrected chi connectivity index (χ3v) is 3.75. The zero-order chi connectivity index (χ0) is 15.4. The Bertz CT molecular complexity index is 506. The van der Waals surface area contributed by atoms with Crippen molar-refractivity contribution in [1.82, 2.24) is 10.2 Å². The lowest BCUT2D eigenvalue weighted by Gasteiger charge is -2.37. The van der Waals surface area contributed by atoms with Gasteiger partial charge in [-0.25, -0.2) is 4.39 Å². The molecule has 0 spiro atoms. The highest BCUT2D eigenvalue weighted by Crippen LogP contribution is 2.27. The number of hydrogen-bond acceptors (Lipinski definition) is 4.